The molecule has 4 aromatic rings. The number of fused-ring (bicyclic) bond motifs is 1. The van der Waals surface area contributed by atoms with E-state index in [-0.39, 0.29) is 5.82 Å². The molecule has 0 amide bonds. The number of aromatic nitrogens is 5. The Morgan fingerprint density at radius 1 is 1.14 bits per heavy atom. The Labute approximate surface area is 170 Å². The van der Waals surface area contributed by atoms with Gasteiger partial charge in [0.2, 0.25) is 0 Å². The molecule has 0 unspecified atom stereocenters. The minimum Gasteiger partial charge on any atom is -0.302 e. The molecule has 5 nitrogen and oxygen atoms in total. The van der Waals surface area contributed by atoms with Gasteiger partial charge in [0.15, 0.2) is 5.16 Å². The van der Waals surface area contributed by atoms with Gasteiger partial charge in [0.1, 0.15) is 27.8 Å². The van der Waals surface area contributed by atoms with E-state index >= 15 is 0 Å². The lowest BCUT2D eigenvalue weighted by Gasteiger charge is -2.11. The van der Waals surface area contributed by atoms with Crippen LogP contribution in [0.4, 0.5) is 4.39 Å². The molecule has 1 aliphatic carbocycles. The predicted octanol–water partition coefficient (Wildman–Crippen LogP) is 5.70. The SMILES string of the molecule is CC(C)c1nnc(Sc2ncnc3scc(-c4ccc(F)cc4)c23)n1C1CC1. The zero-order valence-corrected chi connectivity index (χ0v) is 17.1. The molecule has 3 heterocycles. The van der Waals surface area contributed by atoms with Gasteiger partial charge in [-0.05, 0) is 42.3 Å². The monoisotopic (exact) mass is 411 g/mol. The topological polar surface area (TPSA) is 56.5 Å². The van der Waals surface area contributed by atoms with Crippen molar-refractivity contribution in [3.63, 3.8) is 0 Å². The van der Waals surface area contributed by atoms with Crippen molar-refractivity contribution in [2.24, 2.45) is 0 Å². The second-order valence-electron chi connectivity index (χ2n) is 7.21. The molecule has 0 atom stereocenters. The Bertz CT molecular complexity index is 1150. The van der Waals surface area contributed by atoms with Gasteiger partial charge in [-0.1, -0.05) is 26.0 Å². The first-order valence-electron chi connectivity index (χ1n) is 9.22. The van der Waals surface area contributed by atoms with Gasteiger partial charge in [-0.2, -0.15) is 0 Å². The molecule has 0 aliphatic heterocycles. The summed E-state index contributed by atoms with van der Waals surface area (Å²) in [5.74, 6) is 1.11. The molecular weight excluding hydrogens is 393 g/mol. The quantitative estimate of drug-likeness (QED) is 0.394. The summed E-state index contributed by atoms with van der Waals surface area (Å²) in [6.07, 6.45) is 3.93. The number of hydrogen-bond acceptors (Lipinski definition) is 6. The van der Waals surface area contributed by atoms with Crippen LogP contribution in [0.1, 0.15) is 44.5 Å². The Kier molecular flexibility index (Phi) is 4.40. The summed E-state index contributed by atoms with van der Waals surface area (Å²) in [7, 11) is 0. The van der Waals surface area contributed by atoms with Crippen molar-refractivity contribution in [3.05, 3.63) is 47.6 Å². The van der Waals surface area contributed by atoms with Crippen molar-refractivity contribution >= 4 is 33.3 Å². The highest BCUT2D eigenvalue weighted by Crippen LogP contribution is 2.44. The molecule has 0 radical (unpaired) electrons. The first kappa shape index (κ1) is 17.8. The lowest BCUT2D eigenvalue weighted by molar-refractivity contribution is 0.599. The van der Waals surface area contributed by atoms with Crippen LogP contribution in [0.15, 0.2) is 46.2 Å². The van der Waals surface area contributed by atoms with E-state index in [2.05, 4.69) is 44.0 Å². The fourth-order valence-corrected chi connectivity index (χ4v) is 5.27. The second kappa shape index (κ2) is 6.93. The summed E-state index contributed by atoms with van der Waals surface area (Å²) < 4.78 is 15.6. The van der Waals surface area contributed by atoms with Crippen molar-refractivity contribution in [1.29, 1.82) is 0 Å². The number of nitrogens with zero attached hydrogens (tertiary/aromatic N) is 5. The highest BCUT2D eigenvalue weighted by molar-refractivity contribution is 7.99. The third-order valence-corrected chi connectivity index (χ3v) is 6.65. The normalized spacial score (nSPS) is 14.3. The van der Waals surface area contributed by atoms with Crippen LogP contribution in [0.3, 0.4) is 0 Å². The van der Waals surface area contributed by atoms with E-state index in [1.165, 1.54) is 36.7 Å². The van der Waals surface area contributed by atoms with E-state index in [1.807, 2.05) is 0 Å². The molecule has 0 saturated heterocycles. The highest BCUT2D eigenvalue weighted by atomic mass is 32.2. The van der Waals surface area contributed by atoms with E-state index in [0.717, 1.165) is 37.4 Å². The van der Waals surface area contributed by atoms with Crippen molar-refractivity contribution < 1.29 is 4.39 Å². The van der Waals surface area contributed by atoms with Gasteiger partial charge in [0.25, 0.3) is 0 Å². The maximum Gasteiger partial charge on any atom is 0.197 e. The lowest BCUT2D eigenvalue weighted by atomic mass is 10.1. The summed E-state index contributed by atoms with van der Waals surface area (Å²) in [5, 5.41) is 13.7. The van der Waals surface area contributed by atoms with E-state index in [9.17, 15) is 4.39 Å². The molecule has 5 rings (SSSR count). The maximum atomic E-state index is 13.4. The molecule has 1 saturated carbocycles. The van der Waals surface area contributed by atoms with Gasteiger partial charge < -0.3 is 4.57 Å². The predicted molar refractivity (Wildman–Crippen MR) is 109 cm³/mol. The third kappa shape index (κ3) is 3.10. The van der Waals surface area contributed by atoms with E-state index in [1.54, 1.807) is 29.8 Å². The zero-order chi connectivity index (χ0) is 19.3. The minimum absolute atomic E-state index is 0.243. The molecule has 0 N–H and O–H groups in total. The van der Waals surface area contributed by atoms with Gasteiger partial charge in [-0.15, -0.1) is 21.5 Å². The van der Waals surface area contributed by atoms with Crippen molar-refractivity contribution in [3.8, 4) is 11.1 Å². The van der Waals surface area contributed by atoms with Gasteiger partial charge in [0, 0.05) is 22.9 Å². The fraction of sp³-hybridized carbons (Fsp3) is 0.300. The molecule has 1 aliphatic rings. The van der Waals surface area contributed by atoms with Gasteiger partial charge in [-0.25, -0.2) is 14.4 Å². The molecule has 28 heavy (non-hydrogen) atoms. The number of thiophene rings is 1. The molecule has 0 bridgehead atoms. The van der Waals surface area contributed by atoms with Crippen LogP contribution in [-0.4, -0.2) is 24.7 Å². The fourth-order valence-electron chi connectivity index (χ4n) is 3.28. The van der Waals surface area contributed by atoms with E-state index in [0.29, 0.717) is 12.0 Å². The van der Waals surface area contributed by atoms with Gasteiger partial charge in [0.05, 0.1) is 5.39 Å². The lowest BCUT2D eigenvalue weighted by Crippen LogP contribution is -2.04. The van der Waals surface area contributed by atoms with Crippen LogP contribution < -0.4 is 0 Å². The Morgan fingerprint density at radius 2 is 1.93 bits per heavy atom. The summed E-state index contributed by atoms with van der Waals surface area (Å²) >= 11 is 3.11. The molecule has 1 fully saturated rings. The Balaban J connectivity index is 1.61. The van der Waals surface area contributed by atoms with E-state index in [4.69, 9.17) is 0 Å². The Hall–Kier alpha value is -2.32. The number of halogens is 1. The van der Waals surface area contributed by atoms with Crippen LogP contribution >= 0.6 is 23.1 Å². The summed E-state index contributed by atoms with van der Waals surface area (Å²) in [4.78, 5) is 9.90. The number of hydrogen-bond donors (Lipinski definition) is 0. The smallest absolute Gasteiger partial charge is 0.197 e. The zero-order valence-electron chi connectivity index (χ0n) is 15.5. The second-order valence-corrected chi connectivity index (χ2v) is 9.03. The minimum atomic E-state index is -0.243. The standard InChI is InChI=1S/C20H18FN5S2/c1-11(2)17-24-25-20(26(17)14-7-8-14)28-19-16-15(9-27-18(16)22-10-23-19)12-3-5-13(21)6-4-12/h3-6,9-11,14H,7-8H2,1-2H3. The summed E-state index contributed by atoms with van der Waals surface area (Å²) in [5.41, 5.74) is 1.97. The van der Waals surface area contributed by atoms with Crippen molar-refractivity contribution in [1.82, 2.24) is 24.7 Å². The van der Waals surface area contributed by atoms with Crippen LogP contribution in [0.25, 0.3) is 21.3 Å². The summed E-state index contributed by atoms with van der Waals surface area (Å²) in [6, 6.07) is 7.04. The van der Waals surface area contributed by atoms with Crippen LogP contribution in [0.5, 0.6) is 0 Å². The maximum absolute atomic E-state index is 13.4. The third-order valence-electron chi connectivity index (χ3n) is 4.80. The van der Waals surface area contributed by atoms with Crippen LogP contribution in [0, 0.1) is 5.82 Å². The highest BCUT2D eigenvalue weighted by Gasteiger charge is 2.31. The molecular formula is C20H18FN5S2. The number of rotatable bonds is 5. The first-order chi connectivity index (χ1) is 13.6. The first-order valence-corrected chi connectivity index (χ1v) is 10.9. The van der Waals surface area contributed by atoms with E-state index < -0.39 is 0 Å². The Morgan fingerprint density at radius 3 is 2.64 bits per heavy atom. The van der Waals surface area contributed by atoms with Crippen LogP contribution in [0.2, 0.25) is 0 Å². The molecule has 0 spiro atoms. The number of benzene rings is 1. The van der Waals surface area contributed by atoms with Crippen LogP contribution in [-0.2, 0) is 0 Å². The average molecular weight is 412 g/mol. The van der Waals surface area contributed by atoms with Crippen molar-refractivity contribution in [2.75, 3.05) is 0 Å². The molecule has 3 aromatic heterocycles. The van der Waals surface area contributed by atoms with Gasteiger partial charge in [-0.3, -0.25) is 0 Å². The molecule has 8 heteroatoms. The molecule has 142 valence electrons. The molecule has 1 aromatic carbocycles. The largest absolute Gasteiger partial charge is 0.302 e. The average Bonchev–Trinajstić information content (AvgIpc) is 3.28. The summed E-state index contributed by atoms with van der Waals surface area (Å²) in [6.45, 7) is 4.29. The van der Waals surface area contributed by atoms with Crippen molar-refractivity contribution in [2.45, 2.75) is 48.8 Å². The van der Waals surface area contributed by atoms with Gasteiger partial charge >= 0.3 is 0 Å².